The van der Waals surface area contributed by atoms with Crippen LogP contribution in [0, 0.1) is 11.7 Å². The van der Waals surface area contributed by atoms with Gasteiger partial charge in [-0.25, -0.2) is 19.0 Å². The lowest BCUT2D eigenvalue weighted by molar-refractivity contribution is -0.144. The minimum atomic E-state index is -0.768. The summed E-state index contributed by atoms with van der Waals surface area (Å²) in [7, 11) is 1.30. The lowest BCUT2D eigenvalue weighted by atomic mass is 9.95. The maximum absolute atomic E-state index is 13.7. The van der Waals surface area contributed by atoms with Gasteiger partial charge in [0.05, 0.1) is 24.2 Å². The smallest absolute Gasteiger partial charge is 0.328 e. The Bertz CT molecular complexity index is 904. The van der Waals surface area contributed by atoms with Gasteiger partial charge in [-0.05, 0) is 23.6 Å². The first-order chi connectivity index (χ1) is 13.9. The molecule has 0 radical (unpaired) electrons. The molecule has 9 heteroatoms. The molecule has 29 heavy (non-hydrogen) atoms. The van der Waals surface area contributed by atoms with E-state index in [1.54, 1.807) is 17.3 Å². The number of halogens is 2. The first-order valence-electron chi connectivity index (χ1n) is 9.49. The van der Waals surface area contributed by atoms with E-state index in [4.69, 9.17) is 16.3 Å². The number of fused-ring (bicyclic) bond motifs is 1. The summed E-state index contributed by atoms with van der Waals surface area (Å²) in [6, 6.07) is 2.61. The van der Waals surface area contributed by atoms with Crippen molar-refractivity contribution < 1.29 is 18.7 Å². The molecule has 0 aliphatic carbocycles. The molecule has 1 aromatic carbocycles. The van der Waals surface area contributed by atoms with Crippen LogP contribution in [0.2, 0.25) is 5.02 Å². The number of methoxy groups -OCH3 is 1. The van der Waals surface area contributed by atoms with Gasteiger partial charge in [-0.1, -0.05) is 37.9 Å². The van der Waals surface area contributed by atoms with Crippen molar-refractivity contribution in [1.29, 1.82) is 0 Å². The summed E-state index contributed by atoms with van der Waals surface area (Å²) in [5.74, 6) is -1.13. The van der Waals surface area contributed by atoms with Crippen LogP contribution < -0.4 is 5.32 Å². The van der Waals surface area contributed by atoms with Gasteiger partial charge in [0, 0.05) is 18.7 Å². The average Bonchev–Trinajstić information content (AvgIpc) is 3.20. The van der Waals surface area contributed by atoms with Crippen LogP contribution in [0.5, 0.6) is 0 Å². The number of carbonyl (C=O) groups is 2. The Hall–Kier alpha value is -2.61. The van der Waals surface area contributed by atoms with Gasteiger partial charge in [0.1, 0.15) is 17.9 Å². The summed E-state index contributed by atoms with van der Waals surface area (Å²) >= 11 is 5.98. The van der Waals surface area contributed by atoms with Crippen LogP contribution >= 0.6 is 11.6 Å². The highest BCUT2D eigenvalue weighted by Crippen LogP contribution is 2.35. The van der Waals surface area contributed by atoms with Crippen molar-refractivity contribution >= 4 is 23.6 Å². The minimum absolute atomic E-state index is 0.0300. The predicted octanol–water partition coefficient (Wildman–Crippen LogP) is 3.45. The van der Waals surface area contributed by atoms with E-state index in [1.807, 2.05) is 13.8 Å². The van der Waals surface area contributed by atoms with Gasteiger partial charge < -0.3 is 19.9 Å². The molecule has 2 N–H and O–H groups in total. The van der Waals surface area contributed by atoms with E-state index in [0.717, 1.165) is 5.69 Å². The van der Waals surface area contributed by atoms with Crippen molar-refractivity contribution in [1.82, 2.24) is 20.2 Å². The van der Waals surface area contributed by atoms with Crippen LogP contribution in [0.25, 0.3) is 0 Å². The number of urea groups is 1. The average molecular weight is 423 g/mol. The van der Waals surface area contributed by atoms with E-state index in [9.17, 15) is 14.0 Å². The number of aromatic amines is 1. The number of rotatable bonds is 5. The second-order valence-corrected chi connectivity index (χ2v) is 7.53. The number of amides is 2. The van der Waals surface area contributed by atoms with Crippen LogP contribution in [0.3, 0.4) is 0 Å². The summed E-state index contributed by atoms with van der Waals surface area (Å²) in [6.07, 6.45) is 2.85. The number of imidazole rings is 1. The topological polar surface area (TPSA) is 87.3 Å². The molecule has 0 spiro atoms. The number of benzene rings is 1. The van der Waals surface area contributed by atoms with Crippen LogP contribution in [-0.2, 0) is 16.0 Å². The first kappa shape index (κ1) is 21.1. The highest BCUT2D eigenvalue weighted by molar-refractivity contribution is 6.30. The zero-order chi connectivity index (χ0) is 21.1. The van der Waals surface area contributed by atoms with Crippen LogP contribution in [0.4, 0.5) is 9.18 Å². The second-order valence-electron chi connectivity index (χ2n) is 7.12. The summed E-state index contributed by atoms with van der Waals surface area (Å²) < 4.78 is 18.5. The number of aromatic nitrogens is 2. The molecule has 0 bridgehead atoms. The highest BCUT2D eigenvalue weighted by atomic mass is 35.5. The van der Waals surface area contributed by atoms with Crippen molar-refractivity contribution in [3.63, 3.8) is 0 Å². The first-order valence-corrected chi connectivity index (χ1v) is 9.87. The standard InChI is InChI=1S/C20H24ClFN4O3/c1-4-11(2)16(19(27)29-3)25-20(28)26-8-7-15-17(24-10-23-15)18(26)12-5-6-14(22)13(21)9-12/h5-6,9-11,16,18H,4,7-8H2,1-3H3,(H,23,24)(H,25,28)/t11-,16+,18-/m0/s1. The molecule has 1 aromatic heterocycles. The number of hydrogen-bond acceptors (Lipinski definition) is 4. The van der Waals surface area contributed by atoms with Gasteiger partial charge in [0.15, 0.2) is 0 Å². The summed E-state index contributed by atoms with van der Waals surface area (Å²) in [4.78, 5) is 34.4. The third-order valence-electron chi connectivity index (χ3n) is 5.39. The van der Waals surface area contributed by atoms with Crippen LogP contribution in [0.15, 0.2) is 24.5 Å². The molecule has 2 aromatic rings. The largest absolute Gasteiger partial charge is 0.467 e. The SMILES string of the molecule is CC[C@H](C)[C@@H](NC(=O)N1CCc2[nH]cnc2[C@@H]1c1ccc(F)c(Cl)c1)C(=O)OC. The summed E-state index contributed by atoms with van der Waals surface area (Å²) in [6.45, 7) is 4.21. The molecule has 1 aliphatic rings. The molecule has 0 saturated heterocycles. The molecule has 0 saturated carbocycles. The third kappa shape index (κ3) is 4.22. The van der Waals surface area contributed by atoms with Gasteiger partial charge in [0.2, 0.25) is 0 Å². The molecule has 2 heterocycles. The highest BCUT2D eigenvalue weighted by Gasteiger charge is 2.37. The van der Waals surface area contributed by atoms with E-state index in [-0.39, 0.29) is 10.9 Å². The van der Waals surface area contributed by atoms with Crippen LogP contribution in [-0.4, -0.2) is 46.6 Å². The van der Waals surface area contributed by atoms with E-state index in [1.165, 1.54) is 19.2 Å². The van der Waals surface area contributed by atoms with Gasteiger partial charge >= 0.3 is 12.0 Å². The summed E-state index contributed by atoms with van der Waals surface area (Å²) in [5, 5.41) is 2.77. The van der Waals surface area contributed by atoms with Gasteiger partial charge in [0.25, 0.3) is 0 Å². The van der Waals surface area contributed by atoms with E-state index >= 15 is 0 Å². The number of ether oxygens (including phenoxy) is 1. The fraction of sp³-hybridized carbons (Fsp3) is 0.450. The molecule has 3 rings (SSSR count). The normalized spacial score (nSPS) is 18.0. The fourth-order valence-electron chi connectivity index (χ4n) is 3.53. The molecule has 3 atom stereocenters. The fourth-order valence-corrected chi connectivity index (χ4v) is 3.72. The molecule has 0 unspecified atom stereocenters. The van der Waals surface area contributed by atoms with Crippen molar-refractivity contribution in [2.45, 2.75) is 38.8 Å². The van der Waals surface area contributed by atoms with Crippen molar-refractivity contribution in [2.24, 2.45) is 5.92 Å². The zero-order valence-electron chi connectivity index (χ0n) is 16.5. The lowest BCUT2D eigenvalue weighted by Crippen LogP contribution is -2.53. The maximum atomic E-state index is 13.7. The van der Waals surface area contributed by atoms with Crippen LogP contribution in [0.1, 0.15) is 43.3 Å². The molecular formula is C20H24ClFN4O3. The minimum Gasteiger partial charge on any atom is -0.467 e. The van der Waals surface area contributed by atoms with Gasteiger partial charge in [-0.3, -0.25) is 0 Å². The summed E-state index contributed by atoms with van der Waals surface area (Å²) in [5.41, 5.74) is 2.22. The number of hydrogen-bond donors (Lipinski definition) is 2. The Kier molecular flexibility index (Phi) is 6.42. The second kappa shape index (κ2) is 8.82. The van der Waals surface area contributed by atoms with E-state index in [2.05, 4.69) is 15.3 Å². The molecule has 7 nitrogen and oxygen atoms in total. The Morgan fingerprint density at radius 1 is 1.48 bits per heavy atom. The Balaban J connectivity index is 1.94. The lowest BCUT2D eigenvalue weighted by Gasteiger charge is -2.36. The number of H-pyrrole nitrogens is 1. The number of nitrogens with one attached hydrogen (secondary N) is 2. The maximum Gasteiger partial charge on any atom is 0.328 e. The molecular weight excluding hydrogens is 399 g/mol. The zero-order valence-corrected chi connectivity index (χ0v) is 17.3. The van der Waals surface area contributed by atoms with E-state index < -0.39 is 29.9 Å². The number of esters is 1. The molecule has 1 aliphatic heterocycles. The Labute approximate surface area is 173 Å². The van der Waals surface area contributed by atoms with E-state index in [0.29, 0.717) is 30.6 Å². The molecule has 156 valence electrons. The third-order valence-corrected chi connectivity index (χ3v) is 5.68. The Morgan fingerprint density at radius 3 is 2.90 bits per heavy atom. The Morgan fingerprint density at radius 2 is 2.24 bits per heavy atom. The quantitative estimate of drug-likeness (QED) is 0.722. The van der Waals surface area contributed by atoms with Gasteiger partial charge in [-0.2, -0.15) is 0 Å². The number of nitrogens with zero attached hydrogens (tertiary/aromatic N) is 2. The monoisotopic (exact) mass is 422 g/mol. The van der Waals surface area contributed by atoms with Gasteiger partial charge in [-0.15, -0.1) is 0 Å². The predicted molar refractivity (Wildman–Crippen MR) is 106 cm³/mol. The van der Waals surface area contributed by atoms with Crippen molar-refractivity contribution in [3.8, 4) is 0 Å². The molecule has 2 amide bonds. The molecule has 0 fully saturated rings. The van der Waals surface area contributed by atoms with Crippen molar-refractivity contribution in [3.05, 3.63) is 52.3 Å². The van der Waals surface area contributed by atoms with Crippen molar-refractivity contribution in [2.75, 3.05) is 13.7 Å². The number of carbonyl (C=O) groups excluding carboxylic acids is 2.